The van der Waals surface area contributed by atoms with Crippen LogP contribution < -0.4 is 15.4 Å². The molecule has 5 rings (SSSR count). The Labute approximate surface area is 246 Å². The van der Waals surface area contributed by atoms with E-state index in [-0.39, 0.29) is 30.3 Å². The summed E-state index contributed by atoms with van der Waals surface area (Å²) in [6.45, 7) is 7.78. The third-order valence-electron chi connectivity index (χ3n) is 7.78. The molecule has 0 aliphatic carbocycles. The molecule has 2 aromatic heterocycles. The first-order chi connectivity index (χ1) is 20.3. The average Bonchev–Trinajstić information content (AvgIpc) is 3.53. The zero-order valence-electron chi connectivity index (χ0n) is 24.3. The zero-order chi connectivity index (χ0) is 29.5. The van der Waals surface area contributed by atoms with Crippen molar-refractivity contribution in [1.82, 2.24) is 25.1 Å². The Morgan fingerprint density at radius 3 is 2.74 bits per heavy atom. The first-order valence-electron chi connectivity index (χ1n) is 14.7. The average molecular weight is 577 g/mol. The van der Waals surface area contributed by atoms with Gasteiger partial charge in [-0.1, -0.05) is 19.9 Å². The maximum Gasteiger partial charge on any atom is 0.251 e. The molecular formula is C31H40N6O5. The van der Waals surface area contributed by atoms with Crippen LogP contribution in [0.1, 0.15) is 53.9 Å². The lowest BCUT2D eigenvalue weighted by atomic mass is 9.99. The van der Waals surface area contributed by atoms with Crippen molar-refractivity contribution >= 4 is 17.6 Å². The smallest absolute Gasteiger partial charge is 0.251 e. The monoisotopic (exact) mass is 576 g/mol. The Kier molecular flexibility index (Phi) is 9.70. The van der Waals surface area contributed by atoms with Crippen LogP contribution in [0, 0.1) is 5.92 Å². The van der Waals surface area contributed by atoms with Crippen LogP contribution in [0.4, 0.5) is 5.82 Å². The number of nitrogens with zero attached hydrogens (tertiary/aromatic N) is 4. The topological polar surface area (TPSA) is 133 Å². The lowest BCUT2D eigenvalue weighted by Gasteiger charge is -2.33. The van der Waals surface area contributed by atoms with E-state index in [2.05, 4.69) is 37.6 Å². The van der Waals surface area contributed by atoms with Gasteiger partial charge in [-0.3, -0.25) is 14.5 Å². The molecule has 2 amide bonds. The number of carbonyl (C=O) groups is 2. The van der Waals surface area contributed by atoms with Crippen LogP contribution >= 0.6 is 0 Å². The van der Waals surface area contributed by atoms with E-state index in [1.54, 1.807) is 24.5 Å². The quantitative estimate of drug-likeness (QED) is 0.315. The van der Waals surface area contributed by atoms with Gasteiger partial charge in [-0.25, -0.2) is 9.97 Å². The second-order valence-corrected chi connectivity index (χ2v) is 11.4. The van der Waals surface area contributed by atoms with E-state index >= 15 is 0 Å². The molecule has 1 unspecified atom stereocenters. The molecule has 1 saturated heterocycles. The number of aliphatic hydroxyl groups is 1. The van der Waals surface area contributed by atoms with Gasteiger partial charge in [-0.05, 0) is 54.7 Å². The van der Waals surface area contributed by atoms with Crippen LogP contribution in [0.3, 0.4) is 0 Å². The summed E-state index contributed by atoms with van der Waals surface area (Å²) in [7, 11) is 0. The van der Waals surface area contributed by atoms with Crippen LogP contribution in [-0.2, 0) is 24.4 Å². The number of rotatable bonds is 11. The third kappa shape index (κ3) is 7.86. The zero-order valence-corrected chi connectivity index (χ0v) is 24.3. The summed E-state index contributed by atoms with van der Waals surface area (Å²) in [5.41, 5.74) is 2.93. The van der Waals surface area contributed by atoms with Crippen molar-refractivity contribution in [3.05, 3.63) is 71.6 Å². The van der Waals surface area contributed by atoms with Gasteiger partial charge in [0.2, 0.25) is 5.91 Å². The molecule has 2 aliphatic rings. The van der Waals surface area contributed by atoms with Gasteiger partial charge >= 0.3 is 0 Å². The Hall–Kier alpha value is -3.96. The summed E-state index contributed by atoms with van der Waals surface area (Å²) in [6.07, 6.45) is 6.47. The van der Waals surface area contributed by atoms with Gasteiger partial charge in [0.05, 0.1) is 12.3 Å². The second kappa shape index (κ2) is 13.8. The molecule has 11 nitrogen and oxygen atoms in total. The number of carbonyl (C=O) groups excluding carboxylic acids is 2. The normalized spacial score (nSPS) is 16.6. The standard InChI is InChI=1S/C31H40N6O5/c1-21(2)31(40)37-11-7-25(8-12-37)35-29-14-23(5-9-33-29)30(39)34-15-26(38)18-36-10-6-22-13-27(4-3-24(22)17-36)41-19-28-16-32-20-42-28/h3-5,9,13-14,16,20-21,25-26,38H,6-8,10-12,15,17-19H2,1-2H3,(H,33,35)(H,34,39). The number of hydrogen-bond acceptors (Lipinski definition) is 9. The lowest BCUT2D eigenvalue weighted by molar-refractivity contribution is -0.135. The first-order valence-corrected chi connectivity index (χ1v) is 14.7. The molecule has 1 aromatic carbocycles. The van der Waals surface area contributed by atoms with Crippen molar-refractivity contribution in [3.8, 4) is 5.75 Å². The van der Waals surface area contributed by atoms with E-state index in [1.165, 1.54) is 17.5 Å². The molecule has 4 heterocycles. The van der Waals surface area contributed by atoms with Crippen molar-refractivity contribution < 1.29 is 23.8 Å². The highest BCUT2D eigenvalue weighted by Gasteiger charge is 2.25. The number of aromatic nitrogens is 2. The lowest BCUT2D eigenvalue weighted by Crippen LogP contribution is -2.44. The number of anilines is 1. The SMILES string of the molecule is CC(C)C(=O)N1CCC(Nc2cc(C(=O)NCC(O)CN3CCc4cc(OCc5cnco5)ccc4C3)ccn2)CC1. The van der Waals surface area contributed by atoms with Crippen molar-refractivity contribution in [1.29, 1.82) is 0 Å². The van der Waals surface area contributed by atoms with E-state index < -0.39 is 6.10 Å². The number of aliphatic hydroxyl groups excluding tert-OH is 1. The number of benzene rings is 1. The van der Waals surface area contributed by atoms with Crippen LogP contribution in [-0.4, -0.2) is 81.6 Å². The molecule has 3 N–H and O–H groups in total. The Morgan fingerprint density at radius 2 is 1.98 bits per heavy atom. The summed E-state index contributed by atoms with van der Waals surface area (Å²) >= 11 is 0. The Bertz CT molecular complexity index is 1340. The number of piperidine rings is 1. The number of pyridine rings is 1. The fourth-order valence-corrected chi connectivity index (χ4v) is 5.45. The maximum atomic E-state index is 12.8. The van der Waals surface area contributed by atoms with Gasteiger partial charge in [0.1, 0.15) is 18.2 Å². The van der Waals surface area contributed by atoms with Gasteiger partial charge < -0.3 is 29.8 Å². The minimum Gasteiger partial charge on any atom is -0.486 e. The number of likely N-dealkylation sites (tertiary alicyclic amines) is 1. The summed E-state index contributed by atoms with van der Waals surface area (Å²) in [6, 6.07) is 9.68. The van der Waals surface area contributed by atoms with Crippen LogP contribution in [0.5, 0.6) is 5.75 Å². The Morgan fingerprint density at radius 1 is 1.14 bits per heavy atom. The van der Waals surface area contributed by atoms with Gasteiger partial charge in [0.15, 0.2) is 12.2 Å². The molecule has 0 radical (unpaired) electrons. The van der Waals surface area contributed by atoms with Crippen molar-refractivity contribution in [2.45, 2.75) is 58.4 Å². The molecule has 0 spiro atoms. The van der Waals surface area contributed by atoms with Crippen LogP contribution in [0.25, 0.3) is 0 Å². The molecule has 1 atom stereocenters. The summed E-state index contributed by atoms with van der Waals surface area (Å²) < 4.78 is 11.0. The predicted octanol–water partition coefficient (Wildman–Crippen LogP) is 2.86. The number of nitrogens with one attached hydrogen (secondary N) is 2. The molecular weight excluding hydrogens is 536 g/mol. The van der Waals surface area contributed by atoms with E-state index in [0.29, 0.717) is 30.3 Å². The Balaban J connectivity index is 1.04. The first kappa shape index (κ1) is 29.5. The van der Waals surface area contributed by atoms with Crippen LogP contribution in [0.2, 0.25) is 0 Å². The van der Waals surface area contributed by atoms with Crippen molar-refractivity contribution in [2.75, 3.05) is 38.0 Å². The molecule has 224 valence electrons. The number of ether oxygens (including phenoxy) is 1. The molecule has 1 fully saturated rings. The number of fused-ring (bicyclic) bond motifs is 1. The maximum absolute atomic E-state index is 12.8. The minimum atomic E-state index is -0.696. The molecule has 2 aliphatic heterocycles. The highest BCUT2D eigenvalue weighted by Crippen LogP contribution is 2.25. The number of hydrogen-bond donors (Lipinski definition) is 3. The second-order valence-electron chi connectivity index (χ2n) is 11.4. The molecule has 42 heavy (non-hydrogen) atoms. The minimum absolute atomic E-state index is 0.00727. The number of amides is 2. The summed E-state index contributed by atoms with van der Waals surface area (Å²) in [5, 5.41) is 16.9. The highest BCUT2D eigenvalue weighted by atomic mass is 16.5. The van der Waals surface area contributed by atoms with Gasteiger partial charge in [0.25, 0.3) is 5.91 Å². The van der Waals surface area contributed by atoms with Crippen molar-refractivity contribution in [3.63, 3.8) is 0 Å². The van der Waals surface area contributed by atoms with Crippen LogP contribution in [0.15, 0.2) is 53.5 Å². The summed E-state index contributed by atoms with van der Waals surface area (Å²) in [5.74, 6) is 2.05. The number of oxazole rings is 1. The molecule has 3 aromatic rings. The predicted molar refractivity (Wildman–Crippen MR) is 157 cm³/mol. The van der Waals surface area contributed by atoms with Crippen molar-refractivity contribution in [2.24, 2.45) is 5.92 Å². The summed E-state index contributed by atoms with van der Waals surface area (Å²) in [4.78, 5) is 37.5. The van der Waals surface area contributed by atoms with Gasteiger partial charge in [-0.2, -0.15) is 0 Å². The van der Waals surface area contributed by atoms with E-state index in [9.17, 15) is 14.7 Å². The number of β-amino-alcohol motifs (C(OH)–C–C–N with tert-alkyl or cyclic N) is 1. The molecule has 0 bridgehead atoms. The molecule has 0 saturated carbocycles. The van der Waals surface area contributed by atoms with Gasteiger partial charge in [-0.15, -0.1) is 0 Å². The van der Waals surface area contributed by atoms with Gasteiger partial charge in [0, 0.05) is 63.0 Å². The molecule has 11 heteroatoms. The van der Waals surface area contributed by atoms with E-state index in [1.807, 2.05) is 24.8 Å². The highest BCUT2D eigenvalue weighted by molar-refractivity contribution is 5.94. The largest absolute Gasteiger partial charge is 0.486 e. The van der Waals surface area contributed by atoms with E-state index in [4.69, 9.17) is 9.15 Å². The fourth-order valence-electron chi connectivity index (χ4n) is 5.45. The van der Waals surface area contributed by atoms with E-state index in [0.717, 1.165) is 51.2 Å². The fraction of sp³-hybridized carbons (Fsp3) is 0.484. The third-order valence-corrected chi connectivity index (χ3v) is 7.78.